The van der Waals surface area contributed by atoms with Crippen molar-refractivity contribution in [3.63, 3.8) is 0 Å². The highest BCUT2D eigenvalue weighted by atomic mass is 16.3. The summed E-state index contributed by atoms with van der Waals surface area (Å²) in [6.45, 7) is -0.00359. The van der Waals surface area contributed by atoms with E-state index in [9.17, 15) is 0 Å². The molecule has 0 bridgehead atoms. The highest BCUT2D eigenvalue weighted by molar-refractivity contribution is 5.31. The fourth-order valence-electron chi connectivity index (χ4n) is 0.991. The van der Waals surface area contributed by atoms with Crippen LogP contribution >= 0.6 is 0 Å². The van der Waals surface area contributed by atoms with E-state index in [2.05, 4.69) is 21.5 Å². The Bertz CT molecular complexity index is 385. The van der Waals surface area contributed by atoms with Crippen LogP contribution in [0.4, 0.5) is 0 Å². The smallest absolute Gasteiger partial charge is 0.162 e. The molecular weight excluding hydrogens is 168 g/mol. The van der Waals surface area contributed by atoms with Crippen molar-refractivity contribution in [1.82, 2.24) is 20.2 Å². The summed E-state index contributed by atoms with van der Waals surface area (Å²) < 4.78 is 0. The molecule has 0 fully saturated rings. The van der Waals surface area contributed by atoms with E-state index in [1.165, 1.54) is 11.1 Å². The van der Waals surface area contributed by atoms with Crippen molar-refractivity contribution in [2.24, 2.45) is 0 Å². The summed E-state index contributed by atoms with van der Waals surface area (Å²) in [6.07, 6.45) is 1.35. The summed E-state index contributed by atoms with van der Waals surface area (Å²) in [7, 11) is 0. The molecule has 0 spiro atoms. The number of aliphatic hydroxyl groups is 1. The second kappa shape index (κ2) is 3.32. The highest BCUT2D eigenvalue weighted by Gasteiger charge is 1.98. The molecule has 2 aromatic rings. The summed E-state index contributed by atoms with van der Waals surface area (Å²) >= 11 is 0. The van der Waals surface area contributed by atoms with Gasteiger partial charge in [0, 0.05) is 6.07 Å². The van der Waals surface area contributed by atoms with Crippen molar-refractivity contribution in [2.45, 2.75) is 6.61 Å². The molecule has 1 heterocycles. The van der Waals surface area contributed by atoms with Crippen molar-refractivity contribution < 1.29 is 5.11 Å². The lowest BCUT2D eigenvalue weighted by atomic mass is 10.2. The van der Waals surface area contributed by atoms with E-state index in [1.54, 1.807) is 18.2 Å². The van der Waals surface area contributed by atoms with Crippen molar-refractivity contribution >= 4 is 0 Å². The van der Waals surface area contributed by atoms with Crippen LogP contribution in [-0.4, -0.2) is 25.3 Å². The minimum absolute atomic E-state index is 0.00359. The van der Waals surface area contributed by atoms with Crippen LogP contribution in [0.5, 0.6) is 0 Å². The zero-order valence-electron chi connectivity index (χ0n) is 6.75. The van der Waals surface area contributed by atoms with E-state index >= 15 is 0 Å². The van der Waals surface area contributed by atoms with Crippen molar-refractivity contribution in [1.29, 1.82) is 0 Å². The molecule has 65 valence electrons. The summed E-state index contributed by atoms with van der Waals surface area (Å²) in [5.41, 5.74) is 1.47. The van der Waals surface area contributed by atoms with E-state index in [-0.39, 0.29) is 6.61 Å². The van der Waals surface area contributed by atoms with Crippen molar-refractivity contribution in [3.05, 3.63) is 36.2 Å². The van der Waals surface area contributed by atoms with E-state index in [0.717, 1.165) is 5.56 Å². The van der Waals surface area contributed by atoms with Gasteiger partial charge in [0.05, 0.1) is 12.3 Å². The maximum absolute atomic E-state index is 8.88. The Morgan fingerprint density at radius 1 is 1.54 bits per heavy atom. The first-order valence-corrected chi connectivity index (χ1v) is 3.75. The van der Waals surface area contributed by atoms with Gasteiger partial charge in [0.25, 0.3) is 0 Å². The number of hydrogen-bond acceptors (Lipinski definition) is 4. The fourth-order valence-corrected chi connectivity index (χ4v) is 0.991. The molecule has 0 amide bonds. The lowest BCUT2D eigenvalue weighted by Gasteiger charge is -1.99. The third-order valence-electron chi connectivity index (χ3n) is 1.60. The molecule has 5 nitrogen and oxygen atoms in total. The Kier molecular flexibility index (Phi) is 2.01. The van der Waals surface area contributed by atoms with E-state index in [0.29, 0.717) is 5.69 Å². The molecule has 13 heavy (non-hydrogen) atoms. The van der Waals surface area contributed by atoms with Crippen LogP contribution < -0.4 is 0 Å². The fraction of sp³-hybridized carbons (Fsp3) is 0.125. The minimum atomic E-state index is -0.00359. The molecule has 0 saturated carbocycles. The molecule has 0 aliphatic heterocycles. The van der Waals surface area contributed by atoms with Crippen LogP contribution in [0.3, 0.4) is 0 Å². The Labute approximate surface area is 74.6 Å². The second-order valence-electron chi connectivity index (χ2n) is 2.47. The Morgan fingerprint density at radius 3 is 3.15 bits per heavy atom. The average Bonchev–Trinajstić information content (AvgIpc) is 2.71. The first-order chi connectivity index (χ1) is 6.40. The van der Waals surface area contributed by atoms with Gasteiger partial charge >= 0.3 is 0 Å². The van der Waals surface area contributed by atoms with E-state index in [1.807, 2.05) is 0 Å². The third-order valence-corrected chi connectivity index (χ3v) is 1.60. The monoisotopic (exact) mass is 175 g/mol. The molecule has 2 rings (SSSR count). The Morgan fingerprint density at radius 2 is 2.46 bits per heavy atom. The van der Waals surface area contributed by atoms with Gasteiger partial charge in [-0.2, -0.15) is 0 Å². The summed E-state index contributed by atoms with van der Waals surface area (Å²) in [4.78, 5) is 1.35. The highest BCUT2D eigenvalue weighted by Crippen LogP contribution is 2.06. The number of hydrogen-bond donors (Lipinski definition) is 1. The van der Waals surface area contributed by atoms with Gasteiger partial charge < -0.3 is 5.11 Å². The van der Waals surface area contributed by atoms with E-state index < -0.39 is 0 Å². The number of rotatable bonds is 2. The molecule has 0 aliphatic carbocycles. The van der Waals surface area contributed by atoms with Crippen LogP contribution in [-0.2, 0) is 6.61 Å². The standard InChI is InChI=1S/C8H7N4O/c13-5-7-2-1-3-8(4-7)12-10-6-9-11-12/h1-2,4,6,13H,5H2. The molecule has 1 aromatic heterocycles. The largest absolute Gasteiger partial charge is 0.392 e. The molecule has 1 N–H and O–H groups in total. The van der Waals surface area contributed by atoms with E-state index in [4.69, 9.17) is 5.11 Å². The van der Waals surface area contributed by atoms with Crippen LogP contribution in [0, 0.1) is 6.07 Å². The molecule has 1 radical (unpaired) electrons. The van der Waals surface area contributed by atoms with Gasteiger partial charge in [0.2, 0.25) is 0 Å². The molecule has 1 aromatic carbocycles. The van der Waals surface area contributed by atoms with Gasteiger partial charge in [0.15, 0.2) is 6.33 Å². The quantitative estimate of drug-likeness (QED) is 0.695. The number of tetrazole rings is 1. The molecule has 0 saturated heterocycles. The van der Waals surface area contributed by atoms with Crippen LogP contribution in [0.2, 0.25) is 0 Å². The predicted molar refractivity (Wildman–Crippen MR) is 43.9 cm³/mol. The van der Waals surface area contributed by atoms with Crippen LogP contribution in [0.15, 0.2) is 24.5 Å². The summed E-state index contributed by atoms with van der Waals surface area (Å²) in [5, 5.41) is 20.0. The van der Waals surface area contributed by atoms with Crippen molar-refractivity contribution in [2.75, 3.05) is 0 Å². The van der Waals surface area contributed by atoms with Gasteiger partial charge in [-0.3, -0.25) is 0 Å². The van der Waals surface area contributed by atoms with Crippen LogP contribution in [0.25, 0.3) is 5.69 Å². The molecular formula is C8H7N4O. The lowest BCUT2D eigenvalue weighted by molar-refractivity contribution is 0.282. The SMILES string of the molecule is OCc1cc[c]c(-n2ncnn2)c1. The number of benzene rings is 1. The number of aromatic nitrogens is 4. The van der Waals surface area contributed by atoms with Crippen molar-refractivity contribution in [3.8, 4) is 5.69 Å². The van der Waals surface area contributed by atoms with Gasteiger partial charge in [-0.25, -0.2) is 0 Å². The van der Waals surface area contributed by atoms with Gasteiger partial charge in [0.1, 0.15) is 0 Å². The van der Waals surface area contributed by atoms with Gasteiger partial charge in [-0.1, -0.05) is 12.1 Å². The van der Waals surface area contributed by atoms with Crippen LogP contribution in [0.1, 0.15) is 5.56 Å². The Hall–Kier alpha value is -1.75. The zero-order valence-corrected chi connectivity index (χ0v) is 6.75. The lowest BCUT2D eigenvalue weighted by Crippen LogP contribution is -1.99. The molecule has 0 aliphatic rings. The average molecular weight is 175 g/mol. The number of nitrogens with zero attached hydrogens (tertiary/aromatic N) is 4. The maximum Gasteiger partial charge on any atom is 0.162 e. The third kappa shape index (κ3) is 1.54. The van der Waals surface area contributed by atoms with Gasteiger partial charge in [-0.05, 0) is 16.8 Å². The normalized spacial score (nSPS) is 10.2. The number of aliphatic hydroxyl groups excluding tert-OH is 1. The predicted octanol–water partition coefficient (Wildman–Crippen LogP) is -0.0452. The topological polar surface area (TPSA) is 63.8 Å². The molecule has 0 unspecified atom stereocenters. The molecule has 0 atom stereocenters. The summed E-state index contributed by atoms with van der Waals surface area (Å²) in [5.74, 6) is 0. The first-order valence-electron chi connectivity index (χ1n) is 3.75. The Balaban J connectivity index is 2.41. The maximum atomic E-state index is 8.88. The molecule has 5 heteroatoms. The summed E-state index contributed by atoms with van der Waals surface area (Å²) in [6, 6.07) is 8.17. The second-order valence-corrected chi connectivity index (χ2v) is 2.47. The van der Waals surface area contributed by atoms with Gasteiger partial charge in [-0.15, -0.1) is 15.0 Å². The zero-order chi connectivity index (χ0) is 9.10. The first kappa shape index (κ1) is 7.88. The minimum Gasteiger partial charge on any atom is -0.392 e.